The van der Waals surface area contributed by atoms with Crippen molar-refractivity contribution in [3.63, 3.8) is 0 Å². The zero-order valence-corrected chi connectivity index (χ0v) is 16.9. The maximum atomic E-state index is 12.4. The Hall–Kier alpha value is -2.58. The lowest BCUT2D eigenvalue weighted by atomic mass is 10.1. The molecule has 0 aromatic rings. The van der Waals surface area contributed by atoms with E-state index in [2.05, 4.69) is 33.6 Å². The fourth-order valence-electron chi connectivity index (χ4n) is 2.00. The highest BCUT2D eigenvalue weighted by atomic mass is 32.1. The van der Waals surface area contributed by atoms with Crippen molar-refractivity contribution < 1.29 is 29.4 Å². The number of carboxylic acids is 1. The zero-order valence-electron chi connectivity index (χ0n) is 16.0. The first-order chi connectivity index (χ1) is 13.5. The first kappa shape index (κ1) is 26.4. The van der Waals surface area contributed by atoms with Crippen LogP contribution < -0.4 is 33.2 Å². The monoisotopic (exact) mass is 435 g/mol. The van der Waals surface area contributed by atoms with Crippen LogP contribution in [0.1, 0.15) is 19.8 Å². The summed E-state index contributed by atoms with van der Waals surface area (Å²) < 4.78 is 0. The number of carbonyl (C=O) groups excluding carboxylic acids is 3. The van der Waals surface area contributed by atoms with Crippen LogP contribution >= 0.6 is 12.6 Å². The highest BCUT2D eigenvalue weighted by molar-refractivity contribution is 7.80. The number of nitrogens with one attached hydrogen (secondary N) is 3. The minimum atomic E-state index is -1.35. The molecule has 0 spiro atoms. The molecule has 29 heavy (non-hydrogen) atoms. The molecular weight excluding hydrogens is 406 g/mol. The molecular formula is C15H29N7O6S. The predicted molar refractivity (Wildman–Crippen MR) is 108 cm³/mol. The zero-order chi connectivity index (χ0) is 22.6. The van der Waals surface area contributed by atoms with Crippen LogP contribution in [0, 0.1) is 0 Å². The molecule has 13 nitrogen and oxygen atoms in total. The van der Waals surface area contributed by atoms with Crippen LogP contribution in [-0.2, 0) is 19.2 Å². The van der Waals surface area contributed by atoms with E-state index in [1.165, 1.54) is 6.92 Å². The molecule has 3 amide bonds. The molecule has 0 aromatic carbocycles. The summed E-state index contributed by atoms with van der Waals surface area (Å²) >= 11 is 3.86. The molecule has 0 fully saturated rings. The van der Waals surface area contributed by atoms with E-state index in [1.807, 2.05) is 0 Å². The number of carbonyl (C=O) groups is 4. The second kappa shape index (κ2) is 13.6. The lowest BCUT2D eigenvalue weighted by molar-refractivity contribution is -0.141. The van der Waals surface area contributed by atoms with E-state index < -0.39 is 54.5 Å². The summed E-state index contributed by atoms with van der Waals surface area (Å²) in [6, 6.07) is -4.70. The Kier molecular flexibility index (Phi) is 12.4. The van der Waals surface area contributed by atoms with Crippen molar-refractivity contribution in [3.8, 4) is 0 Å². The largest absolute Gasteiger partial charge is 0.480 e. The van der Waals surface area contributed by atoms with E-state index in [-0.39, 0.29) is 31.1 Å². The number of amides is 3. The molecule has 0 saturated heterocycles. The number of nitrogens with two attached hydrogens (primary N) is 3. The maximum absolute atomic E-state index is 12.4. The highest BCUT2D eigenvalue weighted by Crippen LogP contribution is 2.02. The average Bonchev–Trinajstić information content (AvgIpc) is 2.65. The van der Waals surface area contributed by atoms with E-state index in [0.29, 0.717) is 0 Å². The fourth-order valence-corrected chi connectivity index (χ4v) is 2.25. The Bertz CT molecular complexity index is 612. The topological polar surface area (TPSA) is 235 Å². The van der Waals surface area contributed by atoms with Gasteiger partial charge in [0.1, 0.15) is 18.1 Å². The van der Waals surface area contributed by atoms with E-state index in [9.17, 15) is 24.3 Å². The van der Waals surface area contributed by atoms with Crippen molar-refractivity contribution >= 4 is 42.3 Å². The van der Waals surface area contributed by atoms with E-state index in [4.69, 9.17) is 22.3 Å². The minimum absolute atomic E-state index is 0.0622. The molecule has 14 heteroatoms. The van der Waals surface area contributed by atoms with Crippen LogP contribution in [-0.4, -0.2) is 82.9 Å². The number of aliphatic hydroxyl groups excluding tert-OH is 1. The van der Waals surface area contributed by atoms with E-state index in [1.54, 1.807) is 0 Å². The third-order valence-corrected chi connectivity index (χ3v) is 3.97. The average molecular weight is 436 g/mol. The van der Waals surface area contributed by atoms with Gasteiger partial charge in [-0.25, -0.2) is 4.79 Å². The van der Waals surface area contributed by atoms with Gasteiger partial charge in [0.05, 0.1) is 12.6 Å². The van der Waals surface area contributed by atoms with Crippen molar-refractivity contribution in [2.45, 2.75) is 43.9 Å². The Morgan fingerprint density at radius 2 is 1.52 bits per heavy atom. The molecule has 166 valence electrons. The van der Waals surface area contributed by atoms with Crippen molar-refractivity contribution in [1.29, 1.82) is 0 Å². The third kappa shape index (κ3) is 10.5. The first-order valence-electron chi connectivity index (χ1n) is 8.70. The van der Waals surface area contributed by atoms with E-state index >= 15 is 0 Å². The van der Waals surface area contributed by atoms with Crippen LogP contribution in [0.2, 0.25) is 0 Å². The Morgan fingerprint density at radius 1 is 1.00 bits per heavy atom. The van der Waals surface area contributed by atoms with Gasteiger partial charge in [-0.2, -0.15) is 12.6 Å². The van der Waals surface area contributed by atoms with Crippen molar-refractivity contribution in [2.24, 2.45) is 22.2 Å². The number of nitrogens with zero attached hydrogens (tertiary/aromatic N) is 1. The van der Waals surface area contributed by atoms with Gasteiger partial charge in [-0.3, -0.25) is 19.4 Å². The van der Waals surface area contributed by atoms with Gasteiger partial charge in [-0.1, -0.05) is 0 Å². The fraction of sp³-hybridized carbons (Fsp3) is 0.667. The normalized spacial score (nSPS) is 14.6. The number of hydrogen-bond acceptors (Lipinski definition) is 8. The molecule has 0 rings (SSSR count). The van der Waals surface area contributed by atoms with Gasteiger partial charge in [0.15, 0.2) is 5.96 Å². The van der Waals surface area contributed by atoms with Gasteiger partial charge in [0, 0.05) is 12.3 Å². The summed E-state index contributed by atoms with van der Waals surface area (Å²) in [7, 11) is 0. The van der Waals surface area contributed by atoms with E-state index in [0.717, 1.165) is 0 Å². The summed E-state index contributed by atoms with van der Waals surface area (Å²) in [6.07, 6.45) is 0.345. The summed E-state index contributed by atoms with van der Waals surface area (Å²) in [4.78, 5) is 51.3. The summed E-state index contributed by atoms with van der Waals surface area (Å²) in [5, 5.41) is 25.3. The summed E-state index contributed by atoms with van der Waals surface area (Å²) in [5.41, 5.74) is 15.9. The summed E-state index contributed by atoms with van der Waals surface area (Å²) in [6.45, 7) is 0.827. The molecule has 0 aromatic heterocycles. The Labute approximate surface area is 173 Å². The van der Waals surface area contributed by atoms with Crippen LogP contribution in [0.5, 0.6) is 0 Å². The third-order valence-electron chi connectivity index (χ3n) is 3.60. The molecule has 0 saturated carbocycles. The second-order valence-corrected chi connectivity index (χ2v) is 6.49. The lowest BCUT2D eigenvalue weighted by Crippen LogP contribution is -2.58. The molecule has 11 N–H and O–H groups in total. The van der Waals surface area contributed by atoms with Gasteiger partial charge in [-0.15, -0.1) is 0 Å². The predicted octanol–water partition coefficient (Wildman–Crippen LogP) is -4.15. The number of aliphatic imine (C=N–C) groups is 1. The maximum Gasteiger partial charge on any atom is 0.327 e. The van der Waals surface area contributed by atoms with Crippen LogP contribution in [0.4, 0.5) is 0 Å². The number of carboxylic acid groups (broad SMARTS) is 1. The lowest BCUT2D eigenvalue weighted by Gasteiger charge is -2.23. The first-order valence-corrected chi connectivity index (χ1v) is 9.33. The van der Waals surface area contributed by atoms with Crippen molar-refractivity contribution in [2.75, 3.05) is 18.9 Å². The Balaban J connectivity index is 5.21. The minimum Gasteiger partial charge on any atom is -0.480 e. The van der Waals surface area contributed by atoms with Gasteiger partial charge in [-0.05, 0) is 19.8 Å². The number of aliphatic hydroxyl groups is 1. The quantitative estimate of drug-likeness (QED) is 0.0590. The van der Waals surface area contributed by atoms with Crippen LogP contribution in [0.25, 0.3) is 0 Å². The van der Waals surface area contributed by atoms with Gasteiger partial charge in [0.25, 0.3) is 0 Å². The van der Waals surface area contributed by atoms with Crippen LogP contribution in [0.3, 0.4) is 0 Å². The number of aliphatic carboxylic acids is 1. The second-order valence-electron chi connectivity index (χ2n) is 6.12. The molecule has 0 aliphatic carbocycles. The molecule has 0 heterocycles. The SMILES string of the molecule is CC(N)C(=O)NC(CO)C(=O)NC(CCCN=C(N)N)C(=O)NC(CS)C(=O)O. The van der Waals surface area contributed by atoms with Crippen molar-refractivity contribution in [1.82, 2.24) is 16.0 Å². The molecule has 0 aliphatic heterocycles. The highest BCUT2D eigenvalue weighted by Gasteiger charge is 2.29. The Morgan fingerprint density at radius 3 is 1.97 bits per heavy atom. The van der Waals surface area contributed by atoms with Gasteiger partial charge in [0.2, 0.25) is 17.7 Å². The van der Waals surface area contributed by atoms with Crippen molar-refractivity contribution in [3.05, 3.63) is 0 Å². The molecule has 4 atom stereocenters. The standard InChI is InChI=1S/C15H29N7O6S/c1-7(16)11(24)21-9(5-23)13(26)20-8(3-2-4-19-15(17)18)12(25)22-10(6-29)14(27)28/h7-10,23,29H,2-6,16H2,1H3,(H,20,26)(H,21,24)(H,22,25)(H,27,28)(H4,17,18,19). The van der Waals surface area contributed by atoms with Gasteiger partial charge < -0.3 is 43.4 Å². The molecule has 0 aliphatic rings. The molecule has 0 radical (unpaired) electrons. The number of hydrogen-bond donors (Lipinski definition) is 9. The number of thiol groups is 1. The number of rotatable bonds is 13. The summed E-state index contributed by atoms with van der Waals surface area (Å²) in [5.74, 6) is -3.90. The number of guanidine groups is 1. The van der Waals surface area contributed by atoms with Crippen LogP contribution in [0.15, 0.2) is 4.99 Å². The van der Waals surface area contributed by atoms with Gasteiger partial charge >= 0.3 is 5.97 Å². The molecule has 4 unspecified atom stereocenters. The smallest absolute Gasteiger partial charge is 0.327 e. The molecule has 0 bridgehead atoms.